The Labute approximate surface area is 101 Å². The first-order valence-corrected chi connectivity index (χ1v) is 7.10. The van der Waals surface area contributed by atoms with Crippen LogP contribution in [-0.2, 0) is 14.8 Å². The third-order valence-corrected chi connectivity index (χ3v) is 3.74. The zero-order valence-corrected chi connectivity index (χ0v) is 10.6. The normalized spacial score (nSPS) is 18.8. The lowest BCUT2D eigenvalue weighted by Crippen LogP contribution is -2.24. The van der Waals surface area contributed by atoms with Gasteiger partial charge in [-0.05, 0) is 24.3 Å². The van der Waals surface area contributed by atoms with Gasteiger partial charge in [-0.3, -0.25) is 4.31 Å². The van der Waals surface area contributed by atoms with Crippen molar-refractivity contribution in [2.24, 2.45) is 0 Å². The minimum Gasteiger partial charge on any atom is -0.491 e. The summed E-state index contributed by atoms with van der Waals surface area (Å²) in [5.74, 6) is 0.714. The molecule has 5 nitrogen and oxygen atoms in total. The van der Waals surface area contributed by atoms with Crippen molar-refractivity contribution in [3.05, 3.63) is 24.3 Å². The van der Waals surface area contributed by atoms with Crippen molar-refractivity contribution >= 4 is 15.7 Å². The van der Waals surface area contributed by atoms with Crippen molar-refractivity contribution < 1.29 is 17.9 Å². The largest absolute Gasteiger partial charge is 0.491 e. The molecule has 0 bridgehead atoms. The highest BCUT2D eigenvalue weighted by atomic mass is 32.2. The van der Waals surface area contributed by atoms with Gasteiger partial charge in [0.05, 0.1) is 18.6 Å². The van der Waals surface area contributed by atoms with Crippen LogP contribution in [0.15, 0.2) is 24.3 Å². The van der Waals surface area contributed by atoms with E-state index in [4.69, 9.17) is 9.47 Å². The van der Waals surface area contributed by atoms with Gasteiger partial charge in [0.1, 0.15) is 18.5 Å². The summed E-state index contributed by atoms with van der Waals surface area (Å²) < 4.78 is 34.3. The fourth-order valence-electron chi connectivity index (χ4n) is 1.30. The molecule has 1 heterocycles. The molecule has 0 aliphatic carbocycles. The van der Waals surface area contributed by atoms with Crippen molar-refractivity contribution in [3.63, 3.8) is 0 Å². The van der Waals surface area contributed by atoms with Crippen molar-refractivity contribution in [3.8, 4) is 5.75 Å². The summed E-state index contributed by atoms with van der Waals surface area (Å²) in [7, 11) is -1.69. The summed E-state index contributed by atoms with van der Waals surface area (Å²) in [6.07, 6.45) is 1.38. The first-order valence-electron chi connectivity index (χ1n) is 5.25. The summed E-state index contributed by atoms with van der Waals surface area (Å²) in [4.78, 5) is 0. The molecule has 0 spiro atoms. The number of hydrogen-bond donors (Lipinski definition) is 0. The van der Waals surface area contributed by atoms with Crippen LogP contribution in [0.25, 0.3) is 0 Å². The Bertz CT molecular complexity index is 479. The van der Waals surface area contributed by atoms with Gasteiger partial charge in [-0.2, -0.15) is 0 Å². The lowest BCUT2D eigenvalue weighted by Gasteiger charge is -2.16. The molecule has 1 aromatic carbocycles. The Balaban J connectivity index is 2.01. The van der Waals surface area contributed by atoms with E-state index in [1.54, 1.807) is 24.3 Å². The third kappa shape index (κ3) is 3.34. The minimum absolute atomic E-state index is 0.216. The third-order valence-electron chi connectivity index (χ3n) is 2.54. The smallest absolute Gasteiger partial charge is 0.231 e. The molecule has 6 heteroatoms. The second kappa shape index (κ2) is 4.54. The highest BCUT2D eigenvalue weighted by Crippen LogP contribution is 2.21. The SMILES string of the molecule is CN(c1ccc(OC[C@H]2CO2)cc1)S(C)(=O)=O. The maximum Gasteiger partial charge on any atom is 0.231 e. The van der Waals surface area contributed by atoms with Crippen molar-refractivity contribution in [2.75, 3.05) is 30.8 Å². The molecular weight excluding hydrogens is 242 g/mol. The molecule has 1 atom stereocenters. The number of nitrogens with zero attached hydrogens (tertiary/aromatic N) is 1. The van der Waals surface area contributed by atoms with Crippen LogP contribution in [0, 0.1) is 0 Å². The highest BCUT2D eigenvalue weighted by molar-refractivity contribution is 7.92. The van der Waals surface area contributed by atoms with Crippen LogP contribution < -0.4 is 9.04 Å². The number of ether oxygens (including phenoxy) is 2. The number of sulfonamides is 1. The first kappa shape index (κ1) is 12.2. The van der Waals surface area contributed by atoms with E-state index >= 15 is 0 Å². The Morgan fingerprint density at radius 3 is 2.47 bits per heavy atom. The van der Waals surface area contributed by atoms with Crippen LogP contribution in [-0.4, -0.2) is 41.0 Å². The zero-order valence-electron chi connectivity index (χ0n) is 9.79. The number of hydrogen-bond acceptors (Lipinski definition) is 4. The van der Waals surface area contributed by atoms with Gasteiger partial charge in [-0.1, -0.05) is 0 Å². The standard InChI is InChI=1S/C11H15NO4S/c1-12(17(2,13)14)9-3-5-10(6-4-9)15-7-11-8-16-11/h3-6,11H,7-8H2,1-2H3/t11-/m0/s1. The van der Waals surface area contributed by atoms with E-state index in [0.717, 1.165) is 6.61 Å². The van der Waals surface area contributed by atoms with Crippen molar-refractivity contribution in [1.29, 1.82) is 0 Å². The van der Waals surface area contributed by atoms with Gasteiger partial charge >= 0.3 is 0 Å². The molecular formula is C11H15NO4S. The monoisotopic (exact) mass is 257 g/mol. The average molecular weight is 257 g/mol. The molecule has 2 rings (SSSR count). The molecule has 0 N–H and O–H groups in total. The van der Waals surface area contributed by atoms with Crippen molar-refractivity contribution in [2.45, 2.75) is 6.10 Å². The van der Waals surface area contributed by atoms with E-state index in [1.165, 1.54) is 17.6 Å². The van der Waals surface area contributed by atoms with E-state index in [9.17, 15) is 8.42 Å². The minimum atomic E-state index is -3.21. The van der Waals surface area contributed by atoms with Gasteiger partial charge in [-0.25, -0.2) is 8.42 Å². The fourth-order valence-corrected chi connectivity index (χ4v) is 1.80. The van der Waals surface area contributed by atoms with Gasteiger partial charge in [0.15, 0.2) is 0 Å². The number of anilines is 1. The molecule has 1 fully saturated rings. The predicted octanol–water partition coefficient (Wildman–Crippen LogP) is 0.860. The summed E-state index contributed by atoms with van der Waals surface area (Å²) in [6, 6.07) is 6.92. The second-order valence-electron chi connectivity index (χ2n) is 3.99. The summed E-state index contributed by atoms with van der Waals surface area (Å²) in [5, 5.41) is 0. The summed E-state index contributed by atoms with van der Waals surface area (Å²) >= 11 is 0. The average Bonchev–Trinajstić information content (AvgIpc) is 3.09. The van der Waals surface area contributed by atoms with Gasteiger partial charge in [0, 0.05) is 7.05 Å². The van der Waals surface area contributed by atoms with E-state index < -0.39 is 10.0 Å². The van der Waals surface area contributed by atoms with Crippen LogP contribution >= 0.6 is 0 Å². The summed E-state index contributed by atoms with van der Waals surface area (Å²) in [6.45, 7) is 1.30. The second-order valence-corrected chi connectivity index (χ2v) is 6.00. The van der Waals surface area contributed by atoms with E-state index in [1.807, 2.05) is 0 Å². The maximum absolute atomic E-state index is 11.3. The molecule has 0 aromatic heterocycles. The molecule has 0 radical (unpaired) electrons. The Morgan fingerprint density at radius 2 is 2.00 bits per heavy atom. The highest BCUT2D eigenvalue weighted by Gasteiger charge is 2.23. The molecule has 0 unspecified atom stereocenters. The van der Waals surface area contributed by atoms with Crippen LogP contribution in [0.5, 0.6) is 5.75 Å². The molecule has 1 saturated heterocycles. The molecule has 1 aliphatic rings. The maximum atomic E-state index is 11.3. The number of rotatable bonds is 5. The quantitative estimate of drug-likeness (QED) is 0.734. The lowest BCUT2D eigenvalue weighted by molar-refractivity contribution is 0.263. The molecule has 0 amide bonds. The van der Waals surface area contributed by atoms with Gasteiger partial charge < -0.3 is 9.47 Å². The lowest BCUT2D eigenvalue weighted by atomic mass is 10.3. The van der Waals surface area contributed by atoms with E-state index in [2.05, 4.69) is 0 Å². The van der Waals surface area contributed by atoms with Gasteiger partial charge in [0.2, 0.25) is 10.0 Å². The fraction of sp³-hybridized carbons (Fsp3) is 0.455. The predicted molar refractivity (Wildman–Crippen MR) is 64.9 cm³/mol. The van der Waals surface area contributed by atoms with Crippen LogP contribution in [0.3, 0.4) is 0 Å². The molecule has 1 aromatic rings. The Hall–Kier alpha value is -1.27. The van der Waals surface area contributed by atoms with Crippen LogP contribution in [0.2, 0.25) is 0 Å². The molecule has 0 saturated carbocycles. The van der Waals surface area contributed by atoms with Gasteiger partial charge in [0.25, 0.3) is 0 Å². The molecule has 17 heavy (non-hydrogen) atoms. The van der Waals surface area contributed by atoms with E-state index in [0.29, 0.717) is 18.0 Å². The van der Waals surface area contributed by atoms with Crippen LogP contribution in [0.1, 0.15) is 0 Å². The van der Waals surface area contributed by atoms with Gasteiger partial charge in [-0.15, -0.1) is 0 Å². The topological polar surface area (TPSA) is 59.1 Å². The van der Waals surface area contributed by atoms with Crippen molar-refractivity contribution in [1.82, 2.24) is 0 Å². The number of epoxide rings is 1. The summed E-state index contributed by atoms with van der Waals surface area (Å²) in [5.41, 5.74) is 0.613. The number of benzene rings is 1. The Morgan fingerprint density at radius 1 is 1.41 bits per heavy atom. The first-order chi connectivity index (χ1) is 7.97. The Kier molecular flexibility index (Phi) is 3.26. The zero-order chi connectivity index (χ0) is 12.5. The van der Waals surface area contributed by atoms with E-state index in [-0.39, 0.29) is 6.10 Å². The molecule has 1 aliphatic heterocycles. The van der Waals surface area contributed by atoms with Crippen LogP contribution in [0.4, 0.5) is 5.69 Å². The molecule has 94 valence electrons.